The minimum atomic E-state index is -0.403. The van der Waals surface area contributed by atoms with Crippen molar-refractivity contribution in [2.75, 3.05) is 0 Å². The van der Waals surface area contributed by atoms with E-state index in [1.54, 1.807) is 0 Å². The molecule has 3 N–H and O–H groups in total. The van der Waals surface area contributed by atoms with Crippen molar-refractivity contribution in [3.8, 4) is 0 Å². The van der Waals surface area contributed by atoms with Crippen molar-refractivity contribution < 1.29 is 9.48 Å². The molecule has 0 spiro atoms. The van der Waals surface area contributed by atoms with Gasteiger partial charge < -0.3 is 5.73 Å². The molecule has 0 saturated carbocycles. The Morgan fingerprint density at radius 3 is 2.27 bits per heavy atom. The predicted octanol–water partition coefficient (Wildman–Crippen LogP) is 1.28. The number of nitrogens with two attached hydrogens (primary N) is 1. The molecule has 0 atom stereocenters. The third-order valence-electron chi connectivity index (χ3n) is 2.39. The minimum Gasteiger partial charge on any atom is -0.364 e. The lowest BCUT2D eigenvalue weighted by Crippen LogP contribution is -2.38. The Hall–Kier alpha value is -1.32. The highest BCUT2D eigenvalue weighted by Crippen LogP contribution is 2.23. The Morgan fingerprint density at radius 2 is 2.00 bits per heavy atom. The number of carbonyl (C=O) groups excluding carboxylic acids is 1. The van der Waals surface area contributed by atoms with Gasteiger partial charge in [0.05, 0.1) is 5.56 Å². The van der Waals surface area contributed by atoms with E-state index in [9.17, 15) is 4.79 Å². The van der Waals surface area contributed by atoms with Crippen LogP contribution in [0.3, 0.4) is 0 Å². The zero-order valence-corrected chi connectivity index (χ0v) is 10.1. The summed E-state index contributed by atoms with van der Waals surface area (Å²) in [6.45, 7) is 10.3. The SMILES string of the molecule is CC(C)[n+]1cc(C(C)(C)C)c(C(N)=O)[nH]1. The van der Waals surface area contributed by atoms with Crippen molar-refractivity contribution in [2.24, 2.45) is 5.73 Å². The molecule has 0 aliphatic rings. The molecular weight excluding hydrogens is 190 g/mol. The highest BCUT2D eigenvalue weighted by atomic mass is 16.1. The fraction of sp³-hybridized carbons (Fsp3) is 0.636. The van der Waals surface area contributed by atoms with Crippen LogP contribution < -0.4 is 10.4 Å². The summed E-state index contributed by atoms with van der Waals surface area (Å²) in [6, 6.07) is 0.291. The van der Waals surface area contributed by atoms with Gasteiger partial charge in [-0.15, -0.1) is 4.68 Å². The maximum Gasteiger partial charge on any atom is 0.271 e. The lowest BCUT2D eigenvalue weighted by Gasteiger charge is -2.14. The van der Waals surface area contributed by atoms with E-state index in [-0.39, 0.29) is 5.41 Å². The quantitative estimate of drug-likeness (QED) is 0.710. The van der Waals surface area contributed by atoms with Gasteiger partial charge in [-0.25, -0.2) is 0 Å². The summed E-state index contributed by atoms with van der Waals surface area (Å²) in [6.07, 6.45) is 1.96. The number of nitrogens with one attached hydrogen (secondary N) is 1. The van der Waals surface area contributed by atoms with E-state index >= 15 is 0 Å². The predicted molar refractivity (Wildman–Crippen MR) is 58.6 cm³/mol. The van der Waals surface area contributed by atoms with Crippen molar-refractivity contribution >= 4 is 5.91 Å². The second-order valence-electron chi connectivity index (χ2n) is 5.14. The molecule has 4 heteroatoms. The molecule has 4 nitrogen and oxygen atoms in total. The van der Waals surface area contributed by atoms with Crippen LogP contribution in [0.1, 0.15) is 56.7 Å². The number of rotatable bonds is 2. The lowest BCUT2D eigenvalue weighted by atomic mass is 9.87. The van der Waals surface area contributed by atoms with Crippen LogP contribution in [-0.4, -0.2) is 11.0 Å². The number of aromatic nitrogens is 2. The molecule has 0 aromatic carbocycles. The fourth-order valence-electron chi connectivity index (χ4n) is 1.46. The Kier molecular flexibility index (Phi) is 2.88. The third-order valence-corrected chi connectivity index (χ3v) is 2.39. The maximum absolute atomic E-state index is 11.3. The maximum atomic E-state index is 11.3. The fourth-order valence-corrected chi connectivity index (χ4v) is 1.46. The number of primary amides is 1. The largest absolute Gasteiger partial charge is 0.364 e. The van der Waals surface area contributed by atoms with E-state index < -0.39 is 5.91 Å². The van der Waals surface area contributed by atoms with Crippen LogP contribution in [0.4, 0.5) is 0 Å². The first kappa shape index (κ1) is 11.8. The molecule has 15 heavy (non-hydrogen) atoms. The van der Waals surface area contributed by atoms with Gasteiger partial charge in [0.2, 0.25) is 0 Å². The van der Waals surface area contributed by atoms with Crippen LogP contribution in [0.5, 0.6) is 0 Å². The van der Waals surface area contributed by atoms with Crippen LogP contribution >= 0.6 is 0 Å². The van der Waals surface area contributed by atoms with Gasteiger partial charge in [0.15, 0.2) is 17.9 Å². The standard InChI is InChI=1S/C11H19N3O/c1-7(2)14-6-8(11(3,4)5)9(13-14)10(12)15/h6-7H,1-5H3,(H2,12,15)/p+1. The number of amides is 1. The summed E-state index contributed by atoms with van der Waals surface area (Å²) in [5.74, 6) is -0.403. The Morgan fingerprint density at radius 1 is 1.47 bits per heavy atom. The Balaban J connectivity index is 3.30. The Labute approximate surface area is 90.5 Å². The van der Waals surface area contributed by atoms with Crippen molar-refractivity contribution in [3.63, 3.8) is 0 Å². The molecule has 1 rings (SSSR count). The smallest absolute Gasteiger partial charge is 0.271 e. The molecule has 84 valence electrons. The highest BCUT2D eigenvalue weighted by Gasteiger charge is 2.28. The van der Waals surface area contributed by atoms with Gasteiger partial charge in [-0.1, -0.05) is 20.8 Å². The molecule has 1 aromatic heterocycles. The van der Waals surface area contributed by atoms with Crippen molar-refractivity contribution in [2.45, 2.75) is 46.1 Å². The van der Waals surface area contributed by atoms with Gasteiger partial charge in [0, 0.05) is 0 Å². The van der Waals surface area contributed by atoms with E-state index in [2.05, 4.69) is 25.9 Å². The second-order valence-corrected chi connectivity index (χ2v) is 5.14. The number of carbonyl (C=O) groups is 1. The summed E-state index contributed by atoms with van der Waals surface area (Å²) in [5, 5.41) is 3.03. The Bertz CT molecular complexity index is 372. The first-order valence-corrected chi connectivity index (χ1v) is 5.18. The second kappa shape index (κ2) is 3.68. The van der Waals surface area contributed by atoms with Crippen LogP contribution in [0, 0.1) is 0 Å². The number of H-pyrrole nitrogens is 1. The number of nitrogens with zero attached hydrogens (tertiary/aromatic N) is 1. The highest BCUT2D eigenvalue weighted by molar-refractivity contribution is 5.92. The van der Waals surface area contributed by atoms with Gasteiger partial charge in [-0.05, 0) is 19.3 Å². The van der Waals surface area contributed by atoms with Crippen LogP contribution in [0.25, 0.3) is 0 Å². The number of hydrogen-bond donors (Lipinski definition) is 2. The van der Waals surface area contributed by atoms with Crippen molar-refractivity contribution in [1.29, 1.82) is 0 Å². The van der Waals surface area contributed by atoms with E-state index in [1.807, 2.05) is 24.7 Å². The molecule has 0 aliphatic carbocycles. The first-order valence-electron chi connectivity index (χ1n) is 5.18. The molecule has 0 radical (unpaired) electrons. The molecular formula is C11H20N3O+. The van der Waals surface area contributed by atoms with Gasteiger partial charge in [-0.2, -0.15) is 5.10 Å². The minimum absolute atomic E-state index is 0.0823. The lowest BCUT2D eigenvalue weighted by molar-refractivity contribution is -0.768. The summed E-state index contributed by atoms with van der Waals surface area (Å²) in [5.41, 5.74) is 6.73. The molecule has 0 saturated heterocycles. The topological polar surface area (TPSA) is 62.8 Å². The zero-order chi connectivity index (χ0) is 11.8. The third kappa shape index (κ3) is 2.37. The van der Waals surface area contributed by atoms with Crippen LogP contribution in [0.2, 0.25) is 0 Å². The van der Waals surface area contributed by atoms with E-state index in [1.165, 1.54) is 0 Å². The molecule has 0 aliphatic heterocycles. The van der Waals surface area contributed by atoms with Crippen LogP contribution in [-0.2, 0) is 5.41 Å². The summed E-state index contributed by atoms with van der Waals surface area (Å²) in [7, 11) is 0. The summed E-state index contributed by atoms with van der Waals surface area (Å²) < 4.78 is 1.90. The average molecular weight is 210 g/mol. The summed E-state index contributed by atoms with van der Waals surface area (Å²) in [4.78, 5) is 11.3. The van der Waals surface area contributed by atoms with Gasteiger partial charge in [0.1, 0.15) is 0 Å². The van der Waals surface area contributed by atoms with Gasteiger partial charge >= 0.3 is 0 Å². The number of hydrogen-bond acceptors (Lipinski definition) is 1. The molecule has 0 bridgehead atoms. The van der Waals surface area contributed by atoms with Gasteiger partial charge in [-0.3, -0.25) is 4.79 Å². The number of aromatic amines is 1. The summed E-state index contributed by atoms with van der Waals surface area (Å²) >= 11 is 0. The molecule has 1 amide bonds. The molecule has 0 unspecified atom stereocenters. The normalized spacial score (nSPS) is 12.1. The van der Waals surface area contributed by atoms with E-state index in [0.29, 0.717) is 11.7 Å². The van der Waals surface area contributed by atoms with Crippen molar-refractivity contribution in [1.82, 2.24) is 5.10 Å². The first-order chi connectivity index (χ1) is 6.73. The monoisotopic (exact) mass is 210 g/mol. The zero-order valence-electron chi connectivity index (χ0n) is 10.1. The average Bonchev–Trinajstić information content (AvgIpc) is 2.45. The van der Waals surface area contributed by atoms with Crippen molar-refractivity contribution in [3.05, 3.63) is 17.5 Å². The van der Waals surface area contributed by atoms with E-state index in [4.69, 9.17) is 5.73 Å². The molecule has 1 heterocycles. The van der Waals surface area contributed by atoms with Crippen LogP contribution in [0.15, 0.2) is 6.20 Å². The molecule has 0 fully saturated rings. The molecule has 1 aromatic rings. The van der Waals surface area contributed by atoms with E-state index in [0.717, 1.165) is 5.56 Å². The van der Waals surface area contributed by atoms with Gasteiger partial charge in [0.25, 0.3) is 5.91 Å².